The lowest BCUT2D eigenvalue weighted by atomic mass is 10.1. The summed E-state index contributed by atoms with van der Waals surface area (Å²) in [5.41, 5.74) is 3.99. The van der Waals surface area contributed by atoms with Crippen LogP contribution in [0.5, 0.6) is 0 Å². The third-order valence-electron chi connectivity index (χ3n) is 5.30. The molecule has 2 aliphatic heterocycles. The van der Waals surface area contributed by atoms with E-state index in [9.17, 15) is 0 Å². The molecule has 0 aliphatic carbocycles. The molecule has 25 heavy (non-hydrogen) atoms. The van der Waals surface area contributed by atoms with Crippen molar-refractivity contribution >= 4 is 28.9 Å². The van der Waals surface area contributed by atoms with Crippen molar-refractivity contribution in [1.29, 1.82) is 0 Å². The van der Waals surface area contributed by atoms with Crippen LogP contribution in [0.1, 0.15) is 36.1 Å². The lowest BCUT2D eigenvalue weighted by Gasteiger charge is -2.27. The van der Waals surface area contributed by atoms with Crippen LogP contribution in [0.15, 0.2) is 40.7 Å². The Hall–Kier alpha value is -1.65. The van der Waals surface area contributed by atoms with Crippen LogP contribution in [0.2, 0.25) is 0 Å². The second kappa shape index (κ2) is 8.15. The number of nitrogens with zero attached hydrogens (tertiary/aromatic N) is 3. The molecule has 0 unspecified atom stereocenters. The predicted molar refractivity (Wildman–Crippen MR) is 109 cm³/mol. The maximum Gasteiger partial charge on any atom is 0.0634 e. The van der Waals surface area contributed by atoms with Crippen LogP contribution in [0, 0.1) is 0 Å². The minimum absolute atomic E-state index is 1.08. The number of anilines is 1. The highest BCUT2D eigenvalue weighted by molar-refractivity contribution is 7.11. The highest BCUT2D eigenvalue weighted by Gasteiger charge is 2.18. The number of hydrogen-bond acceptors (Lipinski definition) is 4. The monoisotopic (exact) mass is 353 g/mol. The second-order valence-corrected chi connectivity index (χ2v) is 8.06. The van der Waals surface area contributed by atoms with E-state index in [1.165, 1.54) is 74.4 Å². The van der Waals surface area contributed by atoms with Gasteiger partial charge in [-0.2, -0.15) is 0 Å². The third-order valence-corrected chi connectivity index (χ3v) is 6.10. The first-order valence-corrected chi connectivity index (χ1v) is 10.4. The van der Waals surface area contributed by atoms with Gasteiger partial charge in [0.05, 0.1) is 5.69 Å². The maximum absolute atomic E-state index is 4.68. The Bertz CT molecular complexity index is 702. The number of fused-ring (bicyclic) bond motifs is 1. The van der Waals surface area contributed by atoms with E-state index in [0.717, 1.165) is 12.2 Å². The van der Waals surface area contributed by atoms with Gasteiger partial charge in [0, 0.05) is 36.4 Å². The Labute approximate surface area is 155 Å². The fraction of sp³-hybridized carbons (Fsp3) is 0.476. The lowest BCUT2D eigenvalue weighted by Crippen LogP contribution is -2.34. The molecular weight excluding hydrogens is 326 g/mol. The molecule has 1 saturated heterocycles. The molecule has 1 aromatic heterocycles. The molecule has 1 aromatic carbocycles. The molecule has 0 saturated carbocycles. The van der Waals surface area contributed by atoms with Gasteiger partial charge in [0.1, 0.15) is 0 Å². The van der Waals surface area contributed by atoms with Crippen molar-refractivity contribution in [3.8, 4) is 0 Å². The number of aliphatic imine (C=N–C) groups is 1. The molecule has 3 nitrogen and oxygen atoms in total. The van der Waals surface area contributed by atoms with E-state index in [1.54, 1.807) is 11.3 Å². The van der Waals surface area contributed by atoms with Gasteiger partial charge in [-0.3, -0.25) is 4.99 Å². The van der Waals surface area contributed by atoms with Crippen LogP contribution in [0.4, 0.5) is 11.4 Å². The van der Waals surface area contributed by atoms with E-state index in [0.29, 0.717) is 0 Å². The summed E-state index contributed by atoms with van der Waals surface area (Å²) < 4.78 is 0. The molecule has 1 fully saturated rings. The summed E-state index contributed by atoms with van der Waals surface area (Å²) >= 11 is 1.73. The fourth-order valence-electron chi connectivity index (χ4n) is 3.90. The zero-order valence-corrected chi connectivity index (χ0v) is 15.7. The summed E-state index contributed by atoms with van der Waals surface area (Å²) in [6.07, 6.45) is 8.49. The average molecular weight is 354 g/mol. The SMILES string of the molecule is C(=Nc1ccc2c(c1)CCCCN2CCN1CCCC1)c1cccs1. The number of hydrogen-bond donors (Lipinski definition) is 0. The van der Waals surface area contributed by atoms with Gasteiger partial charge in [0.25, 0.3) is 0 Å². The Morgan fingerprint density at radius 1 is 1.00 bits per heavy atom. The van der Waals surface area contributed by atoms with E-state index in [-0.39, 0.29) is 0 Å². The molecule has 0 bridgehead atoms. The number of thiophene rings is 1. The smallest absolute Gasteiger partial charge is 0.0634 e. The summed E-state index contributed by atoms with van der Waals surface area (Å²) in [7, 11) is 0. The highest BCUT2D eigenvalue weighted by Crippen LogP contribution is 2.30. The first-order chi connectivity index (χ1) is 12.4. The Balaban J connectivity index is 1.48. The van der Waals surface area contributed by atoms with Crippen LogP contribution in [0.25, 0.3) is 0 Å². The van der Waals surface area contributed by atoms with E-state index < -0.39 is 0 Å². The molecule has 0 spiro atoms. The maximum atomic E-state index is 4.68. The molecule has 0 N–H and O–H groups in total. The minimum atomic E-state index is 1.08. The van der Waals surface area contributed by atoms with Gasteiger partial charge in [0.15, 0.2) is 0 Å². The summed E-state index contributed by atoms with van der Waals surface area (Å²) in [5.74, 6) is 0. The third kappa shape index (κ3) is 4.31. The predicted octanol–water partition coefficient (Wildman–Crippen LogP) is 4.74. The van der Waals surface area contributed by atoms with Crippen molar-refractivity contribution < 1.29 is 0 Å². The van der Waals surface area contributed by atoms with E-state index in [4.69, 9.17) is 0 Å². The van der Waals surface area contributed by atoms with Crippen LogP contribution >= 0.6 is 11.3 Å². The number of benzene rings is 1. The Kier molecular flexibility index (Phi) is 5.48. The minimum Gasteiger partial charge on any atom is -0.370 e. The van der Waals surface area contributed by atoms with Crippen molar-refractivity contribution in [2.24, 2.45) is 4.99 Å². The Morgan fingerprint density at radius 3 is 2.72 bits per heavy atom. The summed E-state index contributed by atoms with van der Waals surface area (Å²) in [6.45, 7) is 6.13. The zero-order chi connectivity index (χ0) is 16.9. The molecule has 0 atom stereocenters. The van der Waals surface area contributed by atoms with E-state index >= 15 is 0 Å². The standard InChI is InChI=1S/C21H27N3S/c1-2-12-24(14-13-23-10-3-4-11-23)21-9-8-19(16-18(21)6-1)22-17-20-7-5-15-25-20/h5,7-9,15-17H,1-4,6,10-14H2. The largest absolute Gasteiger partial charge is 0.370 e. The molecule has 0 radical (unpaired) electrons. The van der Waals surface area contributed by atoms with Crippen molar-refractivity contribution in [3.63, 3.8) is 0 Å². The molecule has 4 heteroatoms. The van der Waals surface area contributed by atoms with Gasteiger partial charge < -0.3 is 9.80 Å². The second-order valence-electron chi connectivity index (χ2n) is 7.08. The number of aryl methyl sites for hydroxylation is 1. The Morgan fingerprint density at radius 2 is 1.88 bits per heavy atom. The summed E-state index contributed by atoms with van der Waals surface area (Å²) in [4.78, 5) is 11.1. The molecular formula is C21H27N3S. The number of likely N-dealkylation sites (tertiary alicyclic amines) is 1. The molecule has 4 rings (SSSR count). The zero-order valence-electron chi connectivity index (χ0n) is 14.9. The average Bonchev–Trinajstić information content (AvgIpc) is 3.30. The lowest BCUT2D eigenvalue weighted by molar-refractivity contribution is 0.344. The van der Waals surface area contributed by atoms with Crippen molar-refractivity contribution in [2.45, 2.75) is 32.1 Å². The highest BCUT2D eigenvalue weighted by atomic mass is 32.1. The van der Waals surface area contributed by atoms with Crippen molar-refractivity contribution in [3.05, 3.63) is 46.2 Å². The van der Waals surface area contributed by atoms with Crippen molar-refractivity contribution in [1.82, 2.24) is 4.90 Å². The van der Waals surface area contributed by atoms with Crippen LogP contribution < -0.4 is 4.90 Å². The normalized spacial score (nSPS) is 18.6. The topological polar surface area (TPSA) is 18.8 Å². The quantitative estimate of drug-likeness (QED) is 0.723. The van der Waals surface area contributed by atoms with Crippen LogP contribution in [0.3, 0.4) is 0 Å². The van der Waals surface area contributed by atoms with Gasteiger partial charge in [-0.15, -0.1) is 11.3 Å². The van der Waals surface area contributed by atoms with E-state index in [2.05, 4.69) is 50.5 Å². The fourth-order valence-corrected chi connectivity index (χ4v) is 4.49. The molecule has 132 valence electrons. The number of rotatable bonds is 5. The van der Waals surface area contributed by atoms with Gasteiger partial charge in [-0.25, -0.2) is 0 Å². The van der Waals surface area contributed by atoms with Crippen molar-refractivity contribution in [2.75, 3.05) is 37.6 Å². The molecule has 2 aliphatic rings. The van der Waals surface area contributed by atoms with Crippen LogP contribution in [-0.4, -0.2) is 43.8 Å². The molecule has 0 amide bonds. The summed E-state index contributed by atoms with van der Waals surface area (Å²) in [6, 6.07) is 11.0. The molecule has 2 aromatic rings. The van der Waals surface area contributed by atoms with Gasteiger partial charge >= 0.3 is 0 Å². The first-order valence-electron chi connectivity index (χ1n) is 9.56. The summed E-state index contributed by atoms with van der Waals surface area (Å²) in [5, 5.41) is 2.09. The van der Waals surface area contributed by atoms with Gasteiger partial charge in [-0.05, 0) is 80.4 Å². The van der Waals surface area contributed by atoms with Gasteiger partial charge in [-0.1, -0.05) is 6.07 Å². The first kappa shape index (κ1) is 16.8. The van der Waals surface area contributed by atoms with Crippen LogP contribution in [-0.2, 0) is 6.42 Å². The van der Waals surface area contributed by atoms with Gasteiger partial charge in [0.2, 0.25) is 0 Å². The van der Waals surface area contributed by atoms with E-state index in [1.807, 2.05) is 6.21 Å². The molecule has 3 heterocycles.